The summed E-state index contributed by atoms with van der Waals surface area (Å²) in [6.07, 6.45) is 4.46. The van der Waals surface area contributed by atoms with Gasteiger partial charge in [0.1, 0.15) is 35.8 Å². The first-order chi connectivity index (χ1) is 15.1. The smallest absolute Gasteiger partial charge is 0.246 e. The number of hydrogen-bond donors (Lipinski definition) is 2. The highest BCUT2D eigenvalue weighted by Gasteiger charge is 2.28. The quantitative estimate of drug-likeness (QED) is 0.571. The van der Waals surface area contributed by atoms with Gasteiger partial charge in [0.25, 0.3) is 0 Å². The van der Waals surface area contributed by atoms with Gasteiger partial charge < -0.3 is 19.9 Å². The summed E-state index contributed by atoms with van der Waals surface area (Å²) in [5.41, 5.74) is 3.56. The topological polar surface area (TPSA) is 96.0 Å². The second-order valence-electron chi connectivity index (χ2n) is 7.63. The van der Waals surface area contributed by atoms with Gasteiger partial charge in [-0.25, -0.2) is 19.3 Å². The number of hydrogen-bond acceptors (Lipinski definition) is 6. The Morgan fingerprint density at radius 2 is 2.19 bits per heavy atom. The fourth-order valence-corrected chi connectivity index (χ4v) is 3.74. The highest BCUT2D eigenvalue weighted by atomic mass is 19.1. The summed E-state index contributed by atoms with van der Waals surface area (Å²) in [5.74, 6) is 1.71. The molecule has 0 bridgehead atoms. The van der Waals surface area contributed by atoms with Crippen LogP contribution < -0.4 is 10.1 Å². The maximum Gasteiger partial charge on any atom is 0.246 e. The number of rotatable bonds is 7. The second-order valence-corrected chi connectivity index (χ2v) is 7.63. The normalized spacial score (nSPS) is 17.8. The van der Waals surface area contributed by atoms with Gasteiger partial charge in [0.05, 0.1) is 0 Å². The van der Waals surface area contributed by atoms with Crippen LogP contribution in [0.4, 0.5) is 10.2 Å². The van der Waals surface area contributed by atoms with E-state index < -0.39 is 0 Å². The Labute approximate surface area is 177 Å². The van der Waals surface area contributed by atoms with E-state index in [-0.39, 0.29) is 17.8 Å². The molecule has 0 spiro atoms. The Morgan fingerprint density at radius 1 is 1.35 bits per heavy atom. The molecule has 1 aliphatic carbocycles. The number of aromatic nitrogens is 4. The highest BCUT2D eigenvalue weighted by molar-refractivity contribution is 5.89. The van der Waals surface area contributed by atoms with Crippen molar-refractivity contribution in [1.29, 1.82) is 0 Å². The fraction of sp³-hybridized carbons (Fsp3) is 0.273. The van der Waals surface area contributed by atoms with Gasteiger partial charge in [-0.2, -0.15) is 0 Å². The Balaban J connectivity index is 1.28. The molecule has 1 saturated heterocycles. The van der Waals surface area contributed by atoms with E-state index in [1.165, 1.54) is 24.5 Å². The lowest BCUT2D eigenvalue weighted by atomic mass is 10.2. The van der Waals surface area contributed by atoms with Crippen molar-refractivity contribution >= 4 is 28.5 Å². The van der Waals surface area contributed by atoms with E-state index in [4.69, 9.17) is 4.74 Å². The maximum atomic E-state index is 13.0. The van der Waals surface area contributed by atoms with Crippen LogP contribution >= 0.6 is 0 Å². The summed E-state index contributed by atoms with van der Waals surface area (Å²) < 4.78 is 18.7. The molecule has 9 heteroatoms. The first kappa shape index (κ1) is 19.2. The minimum absolute atomic E-state index is 0.0583. The molecule has 3 heterocycles. The number of halogens is 1. The Bertz CT molecular complexity index is 1190. The summed E-state index contributed by atoms with van der Waals surface area (Å²) in [6, 6.07) is 6.08. The average molecular weight is 420 g/mol. The van der Waals surface area contributed by atoms with E-state index >= 15 is 0 Å². The molecule has 1 aliphatic heterocycles. The van der Waals surface area contributed by atoms with Gasteiger partial charge in [-0.1, -0.05) is 6.58 Å². The van der Waals surface area contributed by atoms with Crippen LogP contribution in [0.3, 0.4) is 0 Å². The Kier molecular flexibility index (Phi) is 4.85. The van der Waals surface area contributed by atoms with Crippen molar-refractivity contribution in [2.45, 2.75) is 18.9 Å². The largest absolute Gasteiger partial charge is 0.489 e. The monoisotopic (exact) mass is 420 g/mol. The number of carbonyl (C=O) groups excluding carboxylic acids is 1. The summed E-state index contributed by atoms with van der Waals surface area (Å²) in [6.45, 7) is 5.28. The number of anilines is 1. The standard InChI is InChI=1S/C22H21FN6O2/c1-2-18(30)29-8-7-15(10-29)26-21-19-22(25-12-24-21)28-20(27-19)17-9-13(17)11-31-16-5-3-14(23)4-6-16/h2-6,12,15H,1,7-11H2,(H2,24,25,26,27,28). The molecule has 2 N–H and O–H groups in total. The second kappa shape index (κ2) is 7.82. The van der Waals surface area contributed by atoms with E-state index in [0.29, 0.717) is 36.9 Å². The molecule has 0 radical (unpaired) electrons. The van der Waals surface area contributed by atoms with Crippen molar-refractivity contribution in [3.8, 4) is 5.75 Å². The Hall–Kier alpha value is -3.75. The van der Waals surface area contributed by atoms with Crippen molar-refractivity contribution in [2.24, 2.45) is 0 Å². The number of amides is 1. The lowest BCUT2D eigenvalue weighted by molar-refractivity contribution is -0.125. The summed E-state index contributed by atoms with van der Waals surface area (Å²) >= 11 is 0. The molecular weight excluding hydrogens is 399 g/mol. The Morgan fingerprint density at radius 3 is 3.00 bits per heavy atom. The predicted octanol–water partition coefficient (Wildman–Crippen LogP) is 2.93. The predicted molar refractivity (Wildman–Crippen MR) is 114 cm³/mol. The molecule has 5 rings (SSSR count). The third-order valence-corrected chi connectivity index (χ3v) is 5.51. The lowest BCUT2D eigenvalue weighted by Crippen LogP contribution is -2.30. The van der Waals surface area contributed by atoms with E-state index in [1.807, 2.05) is 0 Å². The van der Waals surface area contributed by atoms with E-state index in [1.54, 1.807) is 17.0 Å². The van der Waals surface area contributed by atoms with Crippen LogP contribution in [0.1, 0.15) is 18.7 Å². The van der Waals surface area contributed by atoms with Crippen molar-refractivity contribution in [3.05, 3.63) is 60.5 Å². The number of carbonyl (C=O) groups is 1. The molecule has 3 aromatic rings. The molecule has 8 nitrogen and oxygen atoms in total. The van der Waals surface area contributed by atoms with Crippen LogP contribution in [0, 0.1) is 5.82 Å². The summed E-state index contributed by atoms with van der Waals surface area (Å²) in [7, 11) is 0. The number of likely N-dealkylation sites (tertiary alicyclic amines) is 1. The van der Waals surface area contributed by atoms with Crippen LogP contribution in [0.15, 0.2) is 48.8 Å². The van der Waals surface area contributed by atoms with Crippen molar-refractivity contribution < 1.29 is 13.9 Å². The third kappa shape index (κ3) is 3.98. The molecule has 0 saturated carbocycles. The number of nitrogens with one attached hydrogen (secondary N) is 2. The van der Waals surface area contributed by atoms with E-state index in [2.05, 4.69) is 31.8 Å². The minimum atomic E-state index is -0.288. The van der Waals surface area contributed by atoms with Gasteiger partial charge in [0.15, 0.2) is 11.5 Å². The molecule has 2 aliphatic rings. The molecule has 1 amide bonds. The molecule has 2 aromatic heterocycles. The van der Waals surface area contributed by atoms with Crippen LogP contribution in [-0.2, 0) is 4.79 Å². The average Bonchev–Trinajstić information content (AvgIpc) is 3.18. The molecular formula is C22H21FN6O2. The SMILES string of the molecule is C=CC(=O)N1CCC(Nc2ncnc3nc(C4=C(COc5ccc(F)cc5)C4)[nH]c23)C1. The van der Waals surface area contributed by atoms with Gasteiger partial charge in [-0.15, -0.1) is 0 Å². The zero-order valence-electron chi connectivity index (χ0n) is 16.8. The van der Waals surface area contributed by atoms with E-state index in [9.17, 15) is 9.18 Å². The van der Waals surface area contributed by atoms with Gasteiger partial charge >= 0.3 is 0 Å². The van der Waals surface area contributed by atoms with Crippen molar-refractivity contribution in [3.63, 3.8) is 0 Å². The molecule has 31 heavy (non-hydrogen) atoms. The fourth-order valence-electron chi connectivity index (χ4n) is 3.74. The van der Waals surface area contributed by atoms with E-state index in [0.717, 1.165) is 35.3 Å². The van der Waals surface area contributed by atoms with Gasteiger partial charge in [-0.3, -0.25) is 4.79 Å². The zero-order valence-corrected chi connectivity index (χ0v) is 16.8. The van der Waals surface area contributed by atoms with Gasteiger partial charge in [-0.05, 0) is 42.3 Å². The number of aromatic amines is 1. The summed E-state index contributed by atoms with van der Waals surface area (Å²) in [5, 5.41) is 3.41. The van der Waals surface area contributed by atoms with Crippen LogP contribution in [-0.4, -0.2) is 56.5 Å². The van der Waals surface area contributed by atoms with Gasteiger partial charge in [0.2, 0.25) is 5.91 Å². The van der Waals surface area contributed by atoms with Crippen molar-refractivity contribution in [1.82, 2.24) is 24.8 Å². The number of allylic oxidation sites excluding steroid dienone is 1. The van der Waals surface area contributed by atoms with Gasteiger partial charge in [0, 0.05) is 31.1 Å². The molecule has 1 unspecified atom stereocenters. The zero-order chi connectivity index (χ0) is 21.4. The number of benzene rings is 1. The van der Waals surface area contributed by atoms with Crippen molar-refractivity contribution in [2.75, 3.05) is 25.0 Å². The number of nitrogens with zero attached hydrogens (tertiary/aromatic N) is 4. The van der Waals surface area contributed by atoms with Crippen LogP contribution in [0.2, 0.25) is 0 Å². The number of fused-ring (bicyclic) bond motifs is 1. The highest BCUT2D eigenvalue weighted by Crippen LogP contribution is 2.39. The minimum Gasteiger partial charge on any atom is -0.489 e. The third-order valence-electron chi connectivity index (χ3n) is 5.51. The lowest BCUT2D eigenvalue weighted by Gasteiger charge is -2.15. The maximum absolute atomic E-state index is 13.0. The van der Waals surface area contributed by atoms with Crippen LogP contribution in [0.5, 0.6) is 5.75 Å². The first-order valence-electron chi connectivity index (χ1n) is 10.1. The number of imidazole rings is 1. The number of H-pyrrole nitrogens is 1. The summed E-state index contributed by atoms with van der Waals surface area (Å²) in [4.78, 5) is 30.1. The number of ether oxygens (including phenoxy) is 1. The molecule has 1 atom stereocenters. The van der Waals surface area contributed by atoms with Crippen LogP contribution in [0.25, 0.3) is 16.7 Å². The molecule has 1 aromatic carbocycles. The molecule has 158 valence electrons. The first-order valence-corrected chi connectivity index (χ1v) is 10.1. The molecule has 1 fully saturated rings.